The highest BCUT2D eigenvalue weighted by atomic mass is 31.1. The van der Waals surface area contributed by atoms with Crippen LogP contribution in [0.5, 0.6) is 0 Å². The lowest BCUT2D eigenvalue weighted by atomic mass is 10.2. The molecule has 0 N–H and O–H groups in total. The van der Waals surface area contributed by atoms with Crippen LogP contribution in [0.25, 0.3) is 0 Å². The normalized spacial score (nSPS) is 11.9. The van der Waals surface area contributed by atoms with Gasteiger partial charge in [-0.2, -0.15) is 0 Å². The maximum absolute atomic E-state index is 11.5. The van der Waals surface area contributed by atoms with Gasteiger partial charge in [0.25, 0.3) is 5.53 Å². The van der Waals surface area contributed by atoms with Crippen molar-refractivity contribution in [3.05, 3.63) is 35.9 Å². The molecule has 0 aliphatic carbocycles. The summed E-state index contributed by atoms with van der Waals surface area (Å²) in [6.45, 7) is 5.07. The zero-order chi connectivity index (χ0) is 12.6. The van der Waals surface area contributed by atoms with Crippen molar-refractivity contribution in [1.82, 2.24) is 0 Å². The van der Waals surface area contributed by atoms with Crippen molar-refractivity contribution in [2.75, 3.05) is 13.2 Å². The van der Waals surface area contributed by atoms with E-state index < -0.39 is 5.53 Å². The van der Waals surface area contributed by atoms with Crippen LogP contribution in [-0.4, -0.2) is 13.2 Å². The number of hydrogen-bond acceptors (Lipinski definition) is 3. The second kappa shape index (κ2) is 7.54. The molecule has 1 aromatic rings. The first-order chi connectivity index (χ1) is 8.29. The maximum atomic E-state index is 11.5. The van der Waals surface area contributed by atoms with Gasteiger partial charge in [-0.05, 0) is 12.8 Å². The maximum Gasteiger partial charge on any atom is 0.278 e. The molecule has 94 valence electrons. The summed E-state index contributed by atoms with van der Waals surface area (Å²) in [6.07, 6.45) is 1.72. The van der Waals surface area contributed by atoms with Crippen LogP contribution in [0.2, 0.25) is 0 Å². The zero-order valence-electron chi connectivity index (χ0n) is 10.4. The van der Waals surface area contributed by atoms with Gasteiger partial charge >= 0.3 is 0 Å². The van der Waals surface area contributed by atoms with Gasteiger partial charge in [-0.3, -0.25) is 4.57 Å². The van der Waals surface area contributed by atoms with Crippen LogP contribution >= 0.6 is 8.46 Å². The Morgan fingerprint density at radius 1 is 1.06 bits per heavy atom. The van der Waals surface area contributed by atoms with Gasteiger partial charge in [0, 0.05) is 5.56 Å². The Morgan fingerprint density at radius 2 is 1.59 bits per heavy atom. The smallest absolute Gasteiger partial charge is 0.278 e. The standard InChI is InChI=1S/C13H19O3P/c1-3-10-15-13(17-14,16-11-4-2)12-8-6-5-7-9-12/h5-9H,3-4,10-11H2,1-2H3. The Morgan fingerprint density at radius 3 is 2.00 bits per heavy atom. The molecule has 0 aromatic heterocycles. The minimum Gasteiger partial charge on any atom is -0.337 e. The fourth-order valence-corrected chi connectivity index (χ4v) is 1.99. The molecule has 0 spiro atoms. The molecule has 0 saturated heterocycles. The highest BCUT2D eigenvalue weighted by molar-refractivity contribution is 7.24. The third-order valence-electron chi connectivity index (χ3n) is 2.26. The van der Waals surface area contributed by atoms with E-state index in [9.17, 15) is 4.57 Å². The monoisotopic (exact) mass is 254 g/mol. The molecule has 1 rings (SSSR count). The second-order valence-electron chi connectivity index (χ2n) is 3.74. The molecule has 4 heteroatoms. The molecule has 0 radical (unpaired) electrons. The average molecular weight is 254 g/mol. The van der Waals surface area contributed by atoms with Gasteiger partial charge in [-0.15, -0.1) is 0 Å². The second-order valence-corrected chi connectivity index (χ2v) is 4.51. The first-order valence-electron chi connectivity index (χ1n) is 5.97. The van der Waals surface area contributed by atoms with Crippen LogP contribution in [0, 0.1) is 0 Å². The molecule has 0 aliphatic rings. The molecule has 1 aromatic carbocycles. The van der Waals surface area contributed by atoms with E-state index in [-0.39, 0.29) is 8.46 Å². The SMILES string of the molecule is CCCOC(OCCC)(P=O)c1ccccc1. The summed E-state index contributed by atoms with van der Waals surface area (Å²) in [7, 11) is -0.161. The fraction of sp³-hybridized carbons (Fsp3) is 0.538. The van der Waals surface area contributed by atoms with Crippen molar-refractivity contribution in [1.29, 1.82) is 0 Å². The zero-order valence-corrected chi connectivity index (χ0v) is 11.3. The fourth-order valence-electron chi connectivity index (χ4n) is 1.44. The van der Waals surface area contributed by atoms with Crippen molar-refractivity contribution < 1.29 is 14.0 Å². The van der Waals surface area contributed by atoms with Gasteiger partial charge in [-0.1, -0.05) is 44.2 Å². The van der Waals surface area contributed by atoms with Crippen molar-refractivity contribution in [2.45, 2.75) is 32.2 Å². The van der Waals surface area contributed by atoms with Crippen LogP contribution in [-0.2, 0) is 19.6 Å². The van der Waals surface area contributed by atoms with Crippen LogP contribution in [0.1, 0.15) is 32.3 Å². The van der Waals surface area contributed by atoms with E-state index in [2.05, 4.69) is 0 Å². The molecule has 0 unspecified atom stereocenters. The summed E-state index contributed by atoms with van der Waals surface area (Å²) in [5.41, 5.74) is -0.355. The molecule has 0 amide bonds. The predicted octanol–water partition coefficient (Wildman–Crippen LogP) is 3.94. The number of hydrogen-bond donors (Lipinski definition) is 0. The van der Waals surface area contributed by atoms with Crippen LogP contribution in [0.3, 0.4) is 0 Å². The van der Waals surface area contributed by atoms with E-state index >= 15 is 0 Å². The van der Waals surface area contributed by atoms with E-state index in [4.69, 9.17) is 9.47 Å². The quantitative estimate of drug-likeness (QED) is 0.520. The summed E-state index contributed by atoms with van der Waals surface area (Å²) >= 11 is 0. The lowest BCUT2D eigenvalue weighted by Gasteiger charge is -2.27. The lowest BCUT2D eigenvalue weighted by Crippen LogP contribution is -2.28. The van der Waals surface area contributed by atoms with Gasteiger partial charge in [0.1, 0.15) is 0 Å². The summed E-state index contributed by atoms with van der Waals surface area (Å²) in [5.74, 6) is 0. The molecule has 0 bridgehead atoms. The first kappa shape index (κ1) is 14.3. The van der Waals surface area contributed by atoms with Gasteiger partial charge in [0.15, 0.2) is 0 Å². The van der Waals surface area contributed by atoms with Crippen molar-refractivity contribution in [2.24, 2.45) is 0 Å². The molecule has 3 nitrogen and oxygen atoms in total. The van der Waals surface area contributed by atoms with E-state index in [1.54, 1.807) is 0 Å². The minimum atomic E-state index is -1.15. The number of benzene rings is 1. The van der Waals surface area contributed by atoms with Crippen LogP contribution < -0.4 is 0 Å². The first-order valence-corrected chi connectivity index (χ1v) is 6.78. The molecule has 0 aliphatic heterocycles. The van der Waals surface area contributed by atoms with Crippen molar-refractivity contribution in [3.8, 4) is 0 Å². The van der Waals surface area contributed by atoms with Gasteiger partial charge < -0.3 is 9.47 Å². The third kappa shape index (κ3) is 3.88. The highest BCUT2D eigenvalue weighted by Crippen LogP contribution is 2.38. The van der Waals surface area contributed by atoms with Crippen LogP contribution in [0.15, 0.2) is 30.3 Å². The molecule has 0 atom stereocenters. The Kier molecular flexibility index (Phi) is 6.35. The van der Waals surface area contributed by atoms with Crippen LogP contribution in [0.4, 0.5) is 0 Å². The van der Waals surface area contributed by atoms with Crippen molar-refractivity contribution >= 4 is 8.46 Å². The predicted molar refractivity (Wildman–Crippen MR) is 68.2 cm³/mol. The molecule has 0 saturated carbocycles. The average Bonchev–Trinajstić information content (AvgIpc) is 2.41. The summed E-state index contributed by atoms with van der Waals surface area (Å²) in [4.78, 5) is 0. The van der Waals surface area contributed by atoms with E-state index in [0.717, 1.165) is 18.4 Å². The van der Waals surface area contributed by atoms with Gasteiger partial charge in [0.2, 0.25) is 8.46 Å². The Balaban J connectivity index is 2.93. The molecule has 17 heavy (non-hydrogen) atoms. The molecule has 0 fully saturated rings. The van der Waals surface area contributed by atoms with Gasteiger partial charge in [-0.25, -0.2) is 0 Å². The summed E-state index contributed by atoms with van der Waals surface area (Å²) in [6, 6.07) is 9.43. The Hall–Kier alpha value is -0.760. The molecule has 0 heterocycles. The molecular formula is C13H19O3P. The summed E-state index contributed by atoms with van der Waals surface area (Å²) < 4.78 is 22.8. The van der Waals surface area contributed by atoms with Gasteiger partial charge in [0.05, 0.1) is 13.2 Å². The third-order valence-corrected chi connectivity index (χ3v) is 3.02. The van der Waals surface area contributed by atoms with Crippen molar-refractivity contribution in [3.63, 3.8) is 0 Å². The number of rotatable bonds is 8. The highest BCUT2D eigenvalue weighted by Gasteiger charge is 2.35. The minimum absolute atomic E-state index is 0.161. The van der Waals surface area contributed by atoms with E-state index in [0.29, 0.717) is 13.2 Å². The van der Waals surface area contributed by atoms with E-state index in [1.807, 2.05) is 44.2 Å². The van der Waals surface area contributed by atoms with E-state index in [1.165, 1.54) is 0 Å². The lowest BCUT2D eigenvalue weighted by molar-refractivity contribution is -0.182. The Labute approximate surface area is 104 Å². The number of ether oxygens (including phenoxy) is 2. The Bertz CT molecular complexity index is 319. The summed E-state index contributed by atoms with van der Waals surface area (Å²) in [5, 5.41) is 0. The molecular weight excluding hydrogens is 235 g/mol. The largest absolute Gasteiger partial charge is 0.337 e. The topological polar surface area (TPSA) is 35.5 Å².